The van der Waals surface area contributed by atoms with Crippen LogP contribution in [0.25, 0.3) is 0 Å². The molecule has 1 aromatic rings. The van der Waals surface area contributed by atoms with Crippen molar-refractivity contribution in [1.29, 1.82) is 0 Å². The molecule has 0 saturated carbocycles. The van der Waals surface area contributed by atoms with E-state index in [0.29, 0.717) is 13.2 Å². The molecule has 2 rings (SSSR count). The molecule has 4 nitrogen and oxygen atoms in total. The van der Waals surface area contributed by atoms with Crippen molar-refractivity contribution >= 4 is 11.6 Å². The lowest BCUT2D eigenvalue weighted by molar-refractivity contribution is -0.121. The van der Waals surface area contributed by atoms with E-state index in [9.17, 15) is 4.79 Å². The van der Waals surface area contributed by atoms with Gasteiger partial charge in [-0.25, -0.2) is 0 Å². The Labute approximate surface area is 88.4 Å². The summed E-state index contributed by atoms with van der Waals surface area (Å²) in [5.74, 6) is 0.684. The van der Waals surface area contributed by atoms with Crippen LogP contribution in [-0.2, 0) is 9.53 Å². The third-order valence-electron chi connectivity index (χ3n) is 2.27. The minimum atomic E-state index is -0.0425. The molecule has 1 radical (unpaired) electrons. The fourth-order valence-electron chi connectivity index (χ4n) is 1.52. The fraction of sp³-hybridized carbons (Fsp3) is 0.364. The Morgan fingerprint density at radius 1 is 1.67 bits per heavy atom. The maximum Gasteiger partial charge on any atom is 0.265 e. The summed E-state index contributed by atoms with van der Waals surface area (Å²) >= 11 is 0. The fourth-order valence-corrected chi connectivity index (χ4v) is 1.52. The average Bonchev–Trinajstić information content (AvgIpc) is 2.28. The topological polar surface area (TPSA) is 38.8 Å². The molecule has 79 valence electrons. The third-order valence-corrected chi connectivity index (χ3v) is 2.27. The normalized spacial score (nSPS) is 14.7. The molecule has 1 aliphatic heterocycles. The van der Waals surface area contributed by atoms with Crippen LogP contribution in [0.15, 0.2) is 18.2 Å². The molecule has 0 atom stereocenters. The van der Waals surface area contributed by atoms with Gasteiger partial charge in [0.25, 0.3) is 5.91 Å². The van der Waals surface area contributed by atoms with Crippen molar-refractivity contribution < 1.29 is 14.3 Å². The summed E-state index contributed by atoms with van der Waals surface area (Å²) in [6.45, 7) is 1.16. The van der Waals surface area contributed by atoms with Crippen molar-refractivity contribution in [3.05, 3.63) is 24.3 Å². The van der Waals surface area contributed by atoms with Crippen molar-refractivity contribution in [3.8, 4) is 5.75 Å². The molecule has 0 aliphatic carbocycles. The maximum atomic E-state index is 11.6. The summed E-state index contributed by atoms with van der Waals surface area (Å²) in [6, 6.07) is 8.26. The van der Waals surface area contributed by atoms with Crippen LogP contribution in [0.4, 0.5) is 5.69 Å². The molecular formula is C11H12NO3. The second kappa shape index (κ2) is 4.31. The van der Waals surface area contributed by atoms with Crippen LogP contribution in [-0.4, -0.2) is 32.8 Å². The Morgan fingerprint density at radius 3 is 3.33 bits per heavy atom. The van der Waals surface area contributed by atoms with Gasteiger partial charge in [0.15, 0.2) is 6.61 Å². The summed E-state index contributed by atoms with van der Waals surface area (Å²) in [5.41, 5.74) is 0.769. The summed E-state index contributed by atoms with van der Waals surface area (Å²) < 4.78 is 10.3. The SMILES string of the molecule is COCCN1C(=O)COc2cc[c]cc21. The highest BCUT2D eigenvalue weighted by molar-refractivity contribution is 5.97. The second-order valence-electron chi connectivity index (χ2n) is 3.22. The van der Waals surface area contributed by atoms with E-state index in [1.807, 2.05) is 6.07 Å². The predicted molar refractivity (Wildman–Crippen MR) is 55.0 cm³/mol. The molecule has 1 heterocycles. The van der Waals surface area contributed by atoms with Crippen molar-refractivity contribution in [1.82, 2.24) is 0 Å². The van der Waals surface area contributed by atoms with Gasteiger partial charge in [-0.3, -0.25) is 4.79 Å². The lowest BCUT2D eigenvalue weighted by Crippen LogP contribution is -2.40. The summed E-state index contributed by atoms with van der Waals surface area (Å²) in [7, 11) is 1.61. The Bertz CT molecular complexity index is 365. The largest absolute Gasteiger partial charge is 0.482 e. The quantitative estimate of drug-likeness (QED) is 0.736. The van der Waals surface area contributed by atoms with Gasteiger partial charge >= 0.3 is 0 Å². The highest BCUT2D eigenvalue weighted by Gasteiger charge is 2.24. The van der Waals surface area contributed by atoms with Crippen molar-refractivity contribution in [2.75, 3.05) is 31.8 Å². The van der Waals surface area contributed by atoms with Crippen molar-refractivity contribution in [3.63, 3.8) is 0 Å². The van der Waals surface area contributed by atoms with Crippen LogP contribution in [0.5, 0.6) is 5.75 Å². The predicted octanol–water partition coefficient (Wildman–Crippen LogP) is 0.859. The Kier molecular flexibility index (Phi) is 2.87. The number of nitrogens with zero attached hydrogens (tertiary/aromatic N) is 1. The zero-order chi connectivity index (χ0) is 10.7. The second-order valence-corrected chi connectivity index (χ2v) is 3.22. The number of methoxy groups -OCH3 is 1. The van der Waals surface area contributed by atoms with E-state index in [2.05, 4.69) is 6.07 Å². The molecule has 0 N–H and O–H groups in total. The van der Waals surface area contributed by atoms with Gasteiger partial charge in [-0.05, 0) is 18.2 Å². The number of hydrogen-bond donors (Lipinski definition) is 0. The number of benzene rings is 1. The van der Waals surface area contributed by atoms with Gasteiger partial charge in [-0.2, -0.15) is 0 Å². The maximum absolute atomic E-state index is 11.6. The molecule has 1 aliphatic rings. The first-order chi connectivity index (χ1) is 7.33. The number of fused-ring (bicyclic) bond motifs is 1. The van der Waals surface area contributed by atoms with Crippen LogP contribution >= 0.6 is 0 Å². The summed E-state index contributed by atoms with van der Waals surface area (Å²) in [4.78, 5) is 13.3. The van der Waals surface area contributed by atoms with E-state index in [4.69, 9.17) is 9.47 Å². The first-order valence-corrected chi connectivity index (χ1v) is 4.75. The number of carbonyl (C=O) groups is 1. The minimum Gasteiger partial charge on any atom is -0.482 e. The Morgan fingerprint density at radius 2 is 2.53 bits per heavy atom. The van der Waals surface area contributed by atoms with E-state index in [-0.39, 0.29) is 12.5 Å². The van der Waals surface area contributed by atoms with Crippen LogP contribution in [0, 0.1) is 6.07 Å². The first-order valence-electron chi connectivity index (χ1n) is 4.75. The zero-order valence-corrected chi connectivity index (χ0v) is 8.53. The number of amides is 1. The smallest absolute Gasteiger partial charge is 0.265 e. The van der Waals surface area contributed by atoms with E-state index < -0.39 is 0 Å². The van der Waals surface area contributed by atoms with Gasteiger partial charge in [0.05, 0.1) is 12.3 Å². The average molecular weight is 206 g/mol. The molecule has 0 aromatic heterocycles. The van der Waals surface area contributed by atoms with Gasteiger partial charge in [-0.15, -0.1) is 0 Å². The first kappa shape index (κ1) is 9.98. The number of carbonyl (C=O) groups excluding carboxylic acids is 1. The standard InChI is InChI=1S/C11H12NO3/c1-14-7-6-12-9-4-2-3-5-10(9)15-8-11(12)13/h3-5H,6-8H2,1H3. The molecule has 0 unspecified atom stereocenters. The molecule has 1 aromatic carbocycles. The molecule has 0 saturated heterocycles. The van der Waals surface area contributed by atoms with Crippen molar-refractivity contribution in [2.45, 2.75) is 0 Å². The van der Waals surface area contributed by atoms with E-state index in [1.165, 1.54) is 0 Å². The van der Waals surface area contributed by atoms with Gasteiger partial charge in [-0.1, -0.05) is 6.07 Å². The third kappa shape index (κ3) is 1.94. The van der Waals surface area contributed by atoms with Gasteiger partial charge in [0.1, 0.15) is 5.75 Å². The van der Waals surface area contributed by atoms with E-state index >= 15 is 0 Å². The van der Waals surface area contributed by atoms with Crippen LogP contribution in [0.1, 0.15) is 0 Å². The molecule has 15 heavy (non-hydrogen) atoms. The molecule has 0 bridgehead atoms. The molecule has 0 fully saturated rings. The highest BCUT2D eigenvalue weighted by atomic mass is 16.5. The lowest BCUT2D eigenvalue weighted by atomic mass is 10.2. The summed E-state index contributed by atoms with van der Waals surface area (Å²) in [5, 5.41) is 0. The monoisotopic (exact) mass is 206 g/mol. The van der Waals surface area contributed by atoms with E-state index in [0.717, 1.165) is 11.4 Å². The van der Waals surface area contributed by atoms with Gasteiger partial charge in [0.2, 0.25) is 0 Å². The lowest BCUT2D eigenvalue weighted by Gasteiger charge is -2.28. The molecule has 1 amide bonds. The Hall–Kier alpha value is -1.55. The van der Waals surface area contributed by atoms with Crippen molar-refractivity contribution in [2.24, 2.45) is 0 Å². The van der Waals surface area contributed by atoms with Crippen LogP contribution < -0.4 is 9.64 Å². The van der Waals surface area contributed by atoms with Gasteiger partial charge < -0.3 is 14.4 Å². The molecule has 0 spiro atoms. The number of rotatable bonds is 3. The zero-order valence-electron chi connectivity index (χ0n) is 8.53. The highest BCUT2D eigenvalue weighted by Crippen LogP contribution is 2.30. The van der Waals surface area contributed by atoms with Crippen LogP contribution in [0.2, 0.25) is 0 Å². The molecule has 4 heteroatoms. The number of ether oxygens (including phenoxy) is 2. The molecular weight excluding hydrogens is 194 g/mol. The van der Waals surface area contributed by atoms with E-state index in [1.54, 1.807) is 24.1 Å². The van der Waals surface area contributed by atoms with Crippen LogP contribution in [0.3, 0.4) is 0 Å². The number of hydrogen-bond acceptors (Lipinski definition) is 3. The summed E-state index contributed by atoms with van der Waals surface area (Å²) in [6.07, 6.45) is 0. The minimum absolute atomic E-state index is 0.0425. The number of anilines is 1. The Balaban J connectivity index is 2.25. The van der Waals surface area contributed by atoms with Gasteiger partial charge in [0, 0.05) is 13.7 Å².